The molecule has 1 saturated carbocycles. The van der Waals surface area contributed by atoms with Crippen LogP contribution in [0.25, 0.3) is 0 Å². The van der Waals surface area contributed by atoms with Crippen LogP contribution in [0.3, 0.4) is 0 Å². The monoisotopic (exact) mass is 225 g/mol. The van der Waals surface area contributed by atoms with Gasteiger partial charge in [0.15, 0.2) is 0 Å². The van der Waals surface area contributed by atoms with Crippen LogP contribution < -0.4 is 5.32 Å². The van der Waals surface area contributed by atoms with Crippen molar-refractivity contribution in [3.05, 3.63) is 0 Å². The third kappa shape index (κ3) is 4.86. The quantitative estimate of drug-likeness (QED) is 0.713. The third-order valence-electron chi connectivity index (χ3n) is 4.15. The van der Waals surface area contributed by atoms with Crippen molar-refractivity contribution in [2.75, 3.05) is 6.54 Å². The molecule has 0 aromatic rings. The van der Waals surface area contributed by atoms with Crippen molar-refractivity contribution in [1.29, 1.82) is 0 Å². The summed E-state index contributed by atoms with van der Waals surface area (Å²) in [5.41, 5.74) is 0. The zero-order valence-corrected chi connectivity index (χ0v) is 11.8. The van der Waals surface area contributed by atoms with Crippen LogP contribution in [0.5, 0.6) is 0 Å². The summed E-state index contributed by atoms with van der Waals surface area (Å²) in [5.74, 6) is 2.78. The molecule has 1 fully saturated rings. The lowest BCUT2D eigenvalue weighted by Crippen LogP contribution is -2.38. The van der Waals surface area contributed by atoms with Gasteiger partial charge in [-0.1, -0.05) is 40.5 Å². The van der Waals surface area contributed by atoms with Crippen LogP contribution in [0.15, 0.2) is 0 Å². The van der Waals surface area contributed by atoms with Gasteiger partial charge in [-0.15, -0.1) is 0 Å². The maximum Gasteiger partial charge on any atom is 0.00953 e. The lowest BCUT2D eigenvalue weighted by molar-refractivity contribution is 0.218. The Morgan fingerprint density at radius 2 is 1.69 bits per heavy atom. The lowest BCUT2D eigenvalue weighted by atomic mass is 9.77. The van der Waals surface area contributed by atoms with Crippen LogP contribution in [0.4, 0.5) is 0 Å². The second-order valence-corrected chi connectivity index (χ2v) is 6.16. The third-order valence-corrected chi connectivity index (χ3v) is 4.15. The molecule has 1 aliphatic carbocycles. The summed E-state index contributed by atoms with van der Waals surface area (Å²) in [6.45, 7) is 10.5. The lowest BCUT2D eigenvalue weighted by Gasteiger charge is -2.33. The van der Waals surface area contributed by atoms with Crippen LogP contribution in [0.1, 0.15) is 66.2 Å². The predicted octanol–water partition coefficient (Wildman–Crippen LogP) is 4.23. The predicted molar refractivity (Wildman–Crippen MR) is 72.7 cm³/mol. The summed E-state index contributed by atoms with van der Waals surface area (Å²) < 4.78 is 0. The molecule has 0 radical (unpaired) electrons. The first-order valence-electron chi connectivity index (χ1n) is 7.36. The summed E-state index contributed by atoms with van der Waals surface area (Å²) in [6, 6.07) is 0.792. The molecule has 1 nitrogen and oxygen atoms in total. The minimum Gasteiger partial charge on any atom is -0.314 e. The summed E-state index contributed by atoms with van der Waals surface area (Å²) in [4.78, 5) is 0. The van der Waals surface area contributed by atoms with Crippen molar-refractivity contribution in [2.45, 2.75) is 72.3 Å². The van der Waals surface area contributed by atoms with E-state index in [1.54, 1.807) is 0 Å². The molecule has 1 heteroatoms. The standard InChI is InChI=1S/C15H31N/c1-5-16-15(11-6-12(2)3)14-9-7-13(4)8-10-14/h12-16H,5-11H2,1-4H3. The molecule has 0 aromatic heterocycles. The molecular formula is C15H31N. The van der Waals surface area contributed by atoms with Gasteiger partial charge in [-0.25, -0.2) is 0 Å². The van der Waals surface area contributed by atoms with E-state index < -0.39 is 0 Å². The summed E-state index contributed by atoms with van der Waals surface area (Å²) in [6.07, 6.45) is 8.57. The molecule has 1 N–H and O–H groups in total. The first kappa shape index (κ1) is 14.0. The molecule has 0 aromatic carbocycles. The van der Waals surface area contributed by atoms with Crippen molar-refractivity contribution in [1.82, 2.24) is 5.32 Å². The molecule has 0 spiro atoms. The van der Waals surface area contributed by atoms with E-state index in [4.69, 9.17) is 0 Å². The Kier molecular flexibility index (Phi) is 6.41. The van der Waals surface area contributed by atoms with E-state index in [0.717, 1.165) is 30.3 Å². The van der Waals surface area contributed by atoms with Gasteiger partial charge in [-0.3, -0.25) is 0 Å². The van der Waals surface area contributed by atoms with Crippen molar-refractivity contribution in [2.24, 2.45) is 17.8 Å². The highest BCUT2D eigenvalue weighted by atomic mass is 14.9. The van der Waals surface area contributed by atoms with E-state index in [2.05, 4.69) is 33.0 Å². The molecule has 0 saturated heterocycles. The molecule has 96 valence electrons. The Hall–Kier alpha value is -0.0400. The molecular weight excluding hydrogens is 194 g/mol. The number of nitrogens with one attached hydrogen (secondary N) is 1. The topological polar surface area (TPSA) is 12.0 Å². The maximum absolute atomic E-state index is 3.72. The first-order valence-corrected chi connectivity index (χ1v) is 7.36. The molecule has 0 bridgehead atoms. The van der Waals surface area contributed by atoms with E-state index in [0.29, 0.717) is 0 Å². The Morgan fingerprint density at radius 1 is 1.06 bits per heavy atom. The Bertz CT molecular complexity index is 168. The van der Waals surface area contributed by atoms with Gasteiger partial charge in [0, 0.05) is 6.04 Å². The fraction of sp³-hybridized carbons (Fsp3) is 1.00. The molecule has 0 aliphatic heterocycles. The molecule has 1 atom stereocenters. The fourth-order valence-electron chi connectivity index (χ4n) is 2.97. The van der Waals surface area contributed by atoms with Crippen molar-refractivity contribution in [3.63, 3.8) is 0 Å². The van der Waals surface area contributed by atoms with Gasteiger partial charge in [-0.2, -0.15) is 0 Å². The van der Waals surface area contributed by atoms with Crippen LogP contribution in [0.2, 0.25) is 0 Å². The molecule has 0 heterocycles. The van der Waals surface area contributed by atoms with E-state index in [1.165, 1.54) is 38.5 Å². The summed E-state index contributed by atoms with van der Waals surface area (Å²) >= 11 is 0. The highest BCUT2D eigenvalue weighted by molar-refractivity contribution is 4.81. The van der Waals surface area contributed by atoms with Gasteiger partial charge < -0.3 is 5.32 Å². The molecule has 0 amide bonds. The van der Waals surface area contributed by atoms with Crippen LogP contribution in [-0.4, -0.2) is 12.6 Å². The fourth-order valence-corrected chi connectivity index (χ4v) is 2.97. The summed E-state index contributed by atoms with van der Waals surface area (Å²) in [5, 5.41) is 3.72. The van der Waals surface area contributed by atoms with E-state index in [-0.39, 0.29) is 0 Å². The second kappa shape index (κ2) is 7.32. The zero-order valence-electron chi connectivity index (χ0n) is 11.8. The van der Waals surface area contributed by atoms with Gasteiger partial charge in [0.25, 0.3) is 0 Å². The van der Waals surface area contributed by atoms with Gasteiger partial charge in [0.2, 0.25) is 0 Å². The average Bonchev–Trinajstić information content (AvgIpc) is 2.25. The minimum absolute atomic E-state index is 0.792. The maximum atomic E-state index is 3.72. The average molecular weight is 225 g/mol. The van der Waals surface area contributed by atoms with Gasteiger partial charge in [0.1, 0.15) is 0 Å². The van der Waals surface area contributed by atoms with Gasteiger partial charge in [-0.05, 0) is 50.0 Å². The SMILES string of the molecule is CCNC(CCC(C)C)C1CCC(C)CC1. The van der Waals surface area contributed by atoms with Crippen molar-refractivity contribution in [3.8, 4) is 0 Å². The van der Waals surface area contributed by atoms with E-state index >= 15 is 0 Å². The van der Waals surface area contributed by atoms with Crippen LogP contribution in [0, 0.1) is 17.8 Å². The Balaban J connectivity index is 2.36. The van der Waals surface area contributed by atoms with Crippen LogP contribution in [-0.2, 0) is 0 Å². The zero-order chi connectivity index (χ0) is 12.0. The molecule has 1 unspecified atom stereocenters. The minimum atomic E-state index is 0.792. The molecule has 1 rings (SSSR count). The Labute approximate surface area is 102 Å². The van der Waals surface area contributed by atoms with Crippen molar-refractivity contribution < 1.29 is 0 Å². The number of hydrogen-bond acceptors (Lipinski definition) is 1. The number of hydrogen-bond donors (Lipinski definition) is 1. The van der Waals surface area contributed by atoms with Gasteiger partial charge >= 0.3 is 0 Å². The highest BCUT2D eigenvalue weighted by Gasteiger charge is 2.25. The molecule has 1 aliphatic rings. The smallest absolute Gasteiger partial charge is 0.00953 e. The van der Waals surface area contributed by atoms with Crippen molar-refractivity contribution >= 4 is 0 Å². The van der Waals surface area contributed by atoms with Gasteiger partial charge in [0.05, 0.1) is 0 Å². The van der Waals surface area contributed by atoms with E-state index in [1.807, 2.05) is 0 Å². The Morgan fingerprint density at radius 3 is 2.19 bits per heavy atom. The highest BCUT2D eigenvalue weighted by Crippen LogP contribution is 2.32. The second-order valence-electron chi connectivity index (χ2n) is 6.16. The summed E-state index contributed by atoms with van der Waals surface area (Å²) in [7, 11) is 0. The van der Waals surface area contributed by atoms with E-state index in [9.17, 15) is 0 Å². The normalized spacial score (nSPS) is 28.3. The number of rotatable bonds is 6. The first-order chi connectivity index (χ1) is 7.63. The molecule has 16 heavy (non-hydrogen) atoms. The largest absolute Gasteiger partial charge is 0.314 e. The van der Waals surface area contributed by atoms with Crippen LogP contribution >= 0.6 is 0 Å².